The molecule has 1 aromatic carbocycles. The topological polar surface area (TPSA) is 117 Å². The molecule has 0 atom stereocenters. The van der Waals surface area contributed by atoms with Gasteiger partial charge in [-0.05, 0) is 58.2 Å². The van der Waals surface area contributed by atoms with E-state index in [-0.39, 0.29) is 36.7 Å². The van der Waals surface area contributed by atoms with Gasteiger partial charge in [-0.15, -0.1) is 0 Å². The Morgan fingerprint density at radius 2 is 1.84 bits per heavy atom. The van der Waals surface area contributed by atoms with Crippen LogP contribution in [0.3, 0.4) is 0 Å². The third-order valence-electron chi connectivity index (χ3n) is 5.38. The highest BCUT2D eigenvalue weighted by Gasteiger charge is 2.52. The zero-order valence-electron chi connectivity index (χ0n) is 18.5. The summed E-state index contributed by atoms with van der Waals surface area (Å²) in [4.78, 5) is 50.4. The maximum Gasteiger partial charge on any atom is 0.412 e. The summed E-state index contributed by atoms with van der Waals surface area (Å²) in [5.74, 6) is -1.25. The standard InChI is InChI=1S/C22H29FN4O5/c1-21(2,3)32-20(31)25-15-9-8-14(23)13-16(15)24-17(28)7-6-12-27-18(29)22(26-19(27)30)10-4-5-11-22/h8-9,13H,4-7,10-12H2,1-3H3,(H,24,28)(H,25,31)(H,26,30). The van der Waals surface area contributed by atoms with Crippen LogP contribution in [-0.2, 0) is 14.3 Å². The Bertz CT molecular complexity index is 921. The molecule has 3 rings (SSSR count). The third kappa shape index (κ3) is 5.54. The Morgan fingerprint density at radius 1 is 1.16 bits per heavy atom. The summed E-state index contributed by atoms with van der Waals surface area (Å²) in [6.45, 7) is 5.24. The first-order valence-electron chi connectivity index (χ1n) is 10.7. The number of halogens is 1. The second-order valence-electron chi connectivity index (χ2n) is 9.14. The van der Waals surface area contributed by atoms with E-state index in [1.54, 1.807) is 20.8 Å². The van der Waals surface area contributed by atoms with Gasteiger partial charge in [-0.1, -0.05) is 12.8 Å². The number of carbonyl (C=O) groups is 4. The summed E-state index contributed by atoms with van der Waals surface area (Å²) >= 11 is 0. The molecule has 1 saturated carbocycles. The molecule has 9 nitrogen and oxygen atoms in total. The maximum atomic E-state index is 13.7. The molecule has 3 N–H and O–H groups in total. The van der Waals surface area contributed by atoms with Crippen molar-refractivity contribution >= 4 is 35.3 Å². The van der Waals surface area contributed by atoms with Gasteiger partial charge in [0.25, 0.3) is 5.91 Å². The van der Waals surface area contributed by atoms with E-state index in [2.05, 4.69) is 16.0 Å². The number of rotatable bonds is 6. The Morgan fingerprint density at radius 3 is 2.50 bits per heavy atom. The summed E-state index contributed by atoms with van der Waals surface area (Å²) in [5, 5.41) is 7.85. The maximum absolute atomic E-state index is 13.7. The van der Waals surface area contributed by atoms with Gasteiger partial charge in [-0.25, -0.2) is 14.0 Å². The van der Waals surface area contributed by atoms with Crippen molar-refractivity contribution in [1.82, 2.24) is 10.2 Å². The minimum atomic E-state index is -0.775. The van der Waals surface area contributed by atoms with Crippen molar-refractivity contribution in [3.63, 3.8) is 0 Å². The number of hydrogen-bond donors (Lipinski definition) is 3. The first kappa shape index (κ1) is 23.5. The lowest BCUT2D eigenvalue weighted by Gasteiger charge is -2.21. The Hall–Kier alpha value is -3.17. The van der Waals surface area contributed by atoms with Gasteiger partial charge in [0.1, 0.15) is 17.0 Å². The van der Waals surface area contributed by atoms with Crippen molar-refractivity contribution < 1.29 is 28.3 Å². The second-order valence-corrected chi connectivity index (χ2v) is 9.14. The van der Waals surface area contributed by atoms with Gasteiger partial charge >= 0.3 is 12.1 Å². The third-order valence-corrected chi connectivity index (χ3v) is 5.38. The fourth-order valence-electron chi connectivity index (χ4n) is 3.95. The molecule has 10 heteroatoms. The van der Waals surface area contributed by atoms with Gasteiger partial charge in [0.2, 0.25) is 5.91 Å². The summed E-state index contributed by atoms with van der Waals surface area (Å²) < 4.78 is 18.9. The number of hydrogen-bond acceptors (Lipinski definition) is 5. The first-order chi connectivity index (χ1) is 15.0. The van der Waals surface area contributed by atoms with Crippen LogP contribution in [0.1, 0.15) is 59.3 Å². The van der Waals surface area contributed by atoms with Crippen LogP contribution in [0.2, 0.25) is 0 Å². The lowest BCUT2D eigenvalue weighted by atomic mass is 9.98. The second kappa shape index (κ2) is 9.13. The lowest BCUT2D eigenvalue weighted by Crippen LogP contribution is -2.44. The zero-order chi connectivity index (χ0) is 23.5. The van der Waals surface area contributed by atoms with Crippen LogP contribution in [0, 0.1) is 5.82 Å². The normalized spacial score (nSPS) is 17.4. The fraction of sp³-hybridized carbons (Fsp3) is 0.545. The van der Waals surface area contributed by atoms with E-state index >= 15 is 0 Å². The highest BCUT2D eigenvalue weighted by atomic mass is 19.1. The lowest BCUT2D eigenvalue weighted by molar-refractivity contribution is -0.131. The molecule has 0 radical (unpaired) electrons. The van der Waals surface area contributed by atoms with E-state index in [0.29, 0.717) is 12.8 Å². The first-order valence-corrected chi connectivity index (χ1v) is 10.7. The molecule has 174 valence electrons. The van der Waals surface area contributed by atoms with E-state index in [0.717, 1.165) is 29.9 Å². The van der Waals surface area contributed by atoms with Crippen molar-refractivity contribution in [3.8, 4) is 0 Å². The fourth-order valence-corrected chi connectivity index (χ4v) is 3.95. The van der Waals surface area contributed by atoms with E-state index in [9.17, 15) is 23.6 Å². The number of nitrogens with one attached hydrogen (secondary N) is 3. The molecule has 2 fully saturated rings. The molecule has 1 aromatic rings. The van der Waals surface area contributed by atoms with Gasteiger partial charge in [0, 0.05) is 13.0 Å². The minimum Gasteiger partial charge on any atom is -0.444 e. The van der Waals surface area contributed by atoms with E-state index in [1.807, 2.05) is 0 Å². The quantitative estimate of drug-likeness (QED) is 0.573. The predicted molar refractivity (Wildman–Crippen MR) is 116 cm³/mol. The smallest absolute Gasteiger partial charge is 0.412 e. The number of nitrogens with zero attached hydrogens (tertiary/aromatic N) is 1. The van der Waals surface area contributed by atoms with Crippen LogP contribution in [-0.4, -0.2) is 46.5 Å². The molecule has 32 heavy (non-hydrogen) atoms. The summed E-state index contributed by atoms with van der Waals surface area (Å²) in [6, 6.07) is 3.14. The molecule has 0 unspecified atom stereocenters. The summed E-state index contributed by atoms with van der Waals surface area (Å²) in [7, 11) is 0. The predicted octanol–water partition coefficient (Wildman–Crippen LogP) is 3.76. The van der Waals surface area contributed by atoms with Gasteiger partial charge in [-0.2, -0.15) is 0 Å². The van der Waals surface area contributed by atoms with Crippen LogP contribution in [0.15, 0.2) is 18.2 Å². The van der Waals surface area contributed by atoms with Crippen molar-refractivity contribution in [2.75, 3.05) is 17.2 Å². The van der Waals surface area contributed by atoms with E-state index < -0.39 is 35.0 Å². The zero-order valence-corrected chi connectivity index (χ0v) is 18.5. The molecule has 0 aromatic heterocycles. The SMILES string of the molecule is CC(C)(C)OC(=O)Nc1ccc(F)cc1NC(=O)CCCN1C(=O)NC2(CCCC2)C1=O. The molecule has 1 saturated heterocycles. The van der Waals surface area contributed by atoms with Crippen LogP contribution < -0.4 is 16.0 Å². The molecular formula is C22H29FN4O5. The Labute approximate surface area is 186 Å². The molecule has 0 bridgehead atoms. The number of urea groups is 1. The van der Waals surface area contributed by atoms with Crippen molar-refractivity contribution in [1.29, 1.82) is 0 Å². The number of benzene rings is 1. The highest BCUT2D eigenvalue weighted by Crippen LogP contribution is 2.35. The monoisotopic (exact) mass is 448 g/mol. The number of carbonyl (C=O) groups excluding carboxylic acids is 4. The molecule has 1 aliphatic carbocycles. The highest BCUT2D eigenvalue weighted by molar-refractivity contribution is 6.07. The number of imide groups is 1. The number of anilines is 2. The molecule has 2 aliphatic rings. The number of ether oxygens (including phenoxy) is 1. The average molecular weight is 448 g/mol. The van der Waals surface area contributed by atoms with Crippen LogP contribution in [0.4, 0.5) is 25.4 Å². The molecule has 1 aliphatic heterocycles. The molecular weight excluding hydrogens is 419 g/mol. The molecule has 5 amide bonds. The Kier molecular flexibility index (Phi) is 6.71. The largest absolute Gasteiger partial charge is 0.444 e. The van der Waals surface area contributed by atoms with E-state index in [1.165, 1.54) is 6.07 Å². The van der Waals surface area contributed by atoms with Gasteiger partial charge in [-0.3, -0.25) is 19.8 Å². The van der Waals surface area contributed by atoms with Crippen molar-refractivity contribution in [2.24, 2.45) is 0 Å². The summed E-state index contributed by atoms with van der Waals surface area (Å²) in [6.07, 6.45) is 2.60. The minimum absolute atomic E-state index is 0.00640. The summed E-state index contributed by atoms with van der Waals surface area (Å²) in [5.41, 5.74) is -1.22. The van der Waals surface area contributed by atoms with Crippen LogP contribution >= 0.6 is 0 Å². The molecule has 1 spiro atoms. The van der Waals surface area contributed by atoms with Gasteiger partial charge in [0.05, 0.1) is 11.4 Å². The molecule has 1 heterocycles. The van der Waals surface area contributed by atoms with E-state index in [4.69, 9.17) is 4.74 Å². The van der Waals surface area contributed by atoms with Gasteiger partial charge < -0.3 is 15.4 Å². The number of amides is 5. The van der Waals surface area contributed by atoms with Crippen LogP contribution in [0.25, 0.3) is 0 Å². The van der Waals surface area contributed by atoms with Crippen molar-refractivity contribution in [2.45, 2.75) is 70.4 Å². The Balaban J connectivity index is 1.55. The van der Waals surface area contributed by atoms with Crippen LogP contribution in [0.5, 0.6) is 0 Å². The average Bonchev–Trinajstić information content (AvgIpc) is 3.23. The van der Waals surface area contributed by atoms with Gasteiger partial charge in [0.15, 0.2) is 0 Å². The van der Waals surface area contributed by atoms with Crippen molar-refractivity contribution in [3.05, 3.63) is 24.0 Å².